The van der Waals surface area contributed by atoms with Crippen LogP contribution in [0.15, 0.2) is 24.7 Å². The van der Waals surface area contributed by atoms with Crippen LogP contribution in [0.1, 0.15) is 23.7 Å². The van der Waals surface area contributed by atoms with Gasteiger partial charge in [-0.25, -0.2) is 19.9 Å². The van der Waals surface area contributed by atoms with E-state index in [1.54, 1.807) is 12.5 Å². The van der Waals surface area contributed by atoms with Gasteiger partial charge in [0.15, 0.2) is 0 Å². The maximum absolute atomic E-state index is 5.64. The third kappa shape index (κ3) is 2.47. The lowest BCUT2D eigenvalue weighted by molar-refractivity contribution is 0.741. The largest absolute Gasteiger partial charge is 0.368 e. The van der Waals surface area contributed by atoms with Crippen LogP contribution in [0.5, 0.6) is 0 Å². The van der Waals surface area contributed by atoms with Gasteiger partial charge in [-0.15, -0.1) is 0 Å². The summed E-state index contributed by atoms with van der Waals surface area (Å²) in [5.41, 5.74) is 7.64. The number of hydrogen-bond donors (Lipinski definition) is 1. The predicted molar refractivity (Wildman–Crippen MR) is 72.8 cm³/mol. The molecule has 0 spiro atoms. The van der Waals surface area contributed by atoms with Crippen molar-refractivity contribution in [2.45, 2.75) is 19.3 Å². The molecule has 98 valence electrons. The van der Waals surface area contributed by atoms with Crippen molar-refractivity contribution in [1.29, 1.82) is 0 Å². The van der Waals surface area contributed by atoms with Gasteiger partial charge in [0.1, 0.15) is 12.1 Å². The third-order valence-corrected chi connectivity index (χ3v) is 3.42. The molecule has 6 nitrogen and oxygen atoms in total. The molecule has 19 heavy (non-hydrogen) atoms. The Balaban J connectivity index is 1.77. The fourth-order valence-electron chi connectivity index (χ4n) is 2.44. The highest BCUT2D eigenvalue weighted by molar-refractivity contribution is 5.41. The lowest BCUT2D eigenvalue weighted by atomic mass is 10.1. The summed E-state index contributed by atoms with van der Waals surface area (Å²) < 4.78 is 0. The first-order valence-corrected chi connectivity index (χ1v) is 6.34. The van der Waals surface area contributed by atoms with Crippen LogP contribution in [0.3, 0.4) is 0 Å². The summed E-state index contributed by atoms with van der Waals surface area (Å²) in [5.74, 6) is 1.71. The lowest BCUT2D eigenvalue weighted by Gasteiger charge is -2.17. The van der Waals surface area contributed by atoms with Gasteiger partial charge in [-0.1, -0.05) is 0 Å². The van der Waals surface area contributed by atoms with Gasteiger partial charge in [0.25, 0.3) is 0 Å². The first-order valence-electron chi connectivity index (χ1n) is 6.34. The molecular weight excluding hydrogens is 240 g/mol. The van der Waals surface area contributed by atoms with Gasteiger partial charge >= 0.3 is 0 Å². The van der Waals surface area contributed by atoms with E-state index in [1.165, 1.54) is 0 Å². The molecule has 0 radical (unpaired) electrons. The van der Waals surface area contributed by atoms with Crippen molar-refractivity contribution in [3.8, 4) is 0 Å². The van der Waals surface area contributed by atoms with E-state index in [9.17, 15) is 0 Å². The van der Waals surface area contributed by atoms with Gasteiger partial charge in [0, 0.05) is 37.0 Å². The minimum atomic E-state index is 0.342. The summed E-state index contributed by atoms with van der Waals surface area (Å²) >= 11 is 0. The maximum Gasteiger partial charge on any atom is 0.220 e. The number of rotatable bonds is 2. The molecule has 1 saturated heterocycles. The molecule has 1 aliphatic heterocycles. The van der Waals surface area contributed by atoms with Crippen molar-refractivity contribution < 1.29 is 0 Å². The Hall–Kier alpha value is -2.24. The number of hydrogen-bond acceptors (Lipinski definition) is 6. The van der Waals surface area contributed by atoms with Crippen molar-refractivity contribution in [1.82, 2.24) is 19.9 Å². The molecule has 2 aromatic heterocycles. The summed E-state index contributed by atoms with van der Waals surface area (Å²) in [6.45, 7) is 3.86. The fourth-order valence-corrected chi connectivity index (χ4v) is 2.44. The quantitative estimate of drug-likeness (QED) is 0.868. The molecule has 1 atom stereocenters. The van der Waals surface area contributed by atoms with Crippen molar-refractivity contribution in [2.24, 2.45) is 0 Å². The smallest absolute Gasteiger partial charge is 0.220 e. The number of nitrogens with two attached hydrogens (primary N) is 1. The number of nitrogens with zero attached hydrogens (tertiary/aromatic N) is 5. The van der Waals surface area contributed by atoms with Crippen LogP contribution < -0.4 is 10.6 Å². The molecule has 3 rings (SSSR count). The van der Waals surface area contributed by atoms with E-state index in [4.69, 9.17) is 5.73 Å². The van der Waals surface area contributed by atoms with Gasteiger partial charge in [0.2, 0.25) is 5.95 Å². The summed E-state index contributed by atoms with van der Waals surface area (Å²) in [6.07, 6.45) is 4.38. The van der Waals surface area contributed by atoms with Crippen molar-refractivity contribution in [2.75, 3.05) is 23.7 Å². The standard InChI is InChI=1S/C13H16N6/c1-9-6-12(17-8-16-9)19-5-3-10(7-19)11-2-4-15-13(14)18-11/h2,4,6,8,10H,3,5,7H2,1H3,(H2,14,15,18)/t10-/m0/s1. The fraction of sp³-hybridized carbons (Fsp3) is 0.385. The van der Waals surface area contributed by atoms with Crippen LogP contribution in [0.4, 0.5) is 11.8 Å². The van der Waals surface area contributed by atoms with E-state index in [0.29, 0.717) is 11.9 Å². The summed E-state index contributed by atoms with van der Waals surface area (Å²) in [7, 11) is 0. The van der Waals surface area contributed by atoms with Crippen LogP contribution in [-0.4, -0.2) is 33.0 Å². The highest BCUT2D eigenvalue weighted by atomic mass is 15.2. The first-order chi connectivity index (χ1) is 9.22. The van der Waals surface area contributed by atoms with Crippen LogP contribution >= 0.6 is 0 Å². The highest BCUT2D eigenvalue weighted by Gasteiger charge is 2.26. The number of aryl methyl sites for hydroxylation is 1. The van der Waals surface area contributed by atoms with Crippen LogP contribution in [-0.2, 0) is 0 Å². The molecular formula is C13H16N6. The molecule has 6 heteroatoms. The maximum atomic E-state index is 5.64. The topological polar surface area (TPSA) is 80.8 Å². The Morgan fingerprint density at radius 1 is 1.32 bits per heavy atom. The molecule has 0 unspecified atom stereocenters. The summed E-state index contributed by atoms with van der Waals surface area (Å²) in [5, 5.41) is 0. The molecule has 0 saturated carbocycles. The molecule has 1 fully saturated rings. The van der Waals surface area contributed by atoms with E-state index in [-0.39, 0.29) is 0 Å². The molecule has 3 heterocycles. The number of anilines is 2. The lowest BCUT2D eigenvalue weighted by Crippen LogP contribution is -2.20. The van der Waals surface area contributed by atoms with Crippen molar-refractivity contribution in [3.63, 3.8) is 0 Å². The Labute approximate surface area is 111 Å². The average molecular weight is 256 g/mol. The monoisotopic (exact) mass is 256 g/mol. The first kappa shape index (κ1) is 11.8. The Morgan fingerprint density at radius 2 is 2.21 bits per heavy atom. The van der Waals surface area contributed by atoms with Crippen molar-refractivity contribution >= 4 is 11.8 Å². The second kappa shape index (κ2) is 4.79. The van der Waals surface area contributed by atoms with Gasteiger partial charge in [0.05, 0.1) is 5.69 Å². The molecule has 0 aliphatic carbocycles. The molecule has 2 N–H and O–H groups in total. The second-order valence-electron chi connectivity index (χ2n) is 4.79. The van der Waals surface area contributed by atoms with Gasteiger partial charge < -0.3 is 10.6 Å². The SMILES string of the molecule is Cc1cc(N2CC[C@H](c3ccnc(N)n3)C2)ncn1. The van der Waals surface area contributed by atoms with E-state index < -0.39 is 0 Å². The predicted octanol–water partition coefficient (Wildman–Crippen LogP) is 1.15. The molecule has 0 amide bonds. The molecule has 2 aromatic rings. The Kier molecular flexibility index (Phi) is 2.98. The van der Waals surface area contributed by atoms with E-state index in [0.717, 1.165) is 36.7 Å². The van der Waals surface area contributed by atoms with E-state index >= 15 is 0 Å². The zero-order valence-electron chi connectivity index (χ0n) is 10.8. The Morgan fingerprint density at radius 3 is 3.00 bits per heavy atom. The van der Waals surface area contributed by atoms with Crippen LogP contribution in [0, 0.1) is 6.92 Å². The highest BCUT2D eigenvalue weighted by Crippen LogP contribution is 2.28. The van der Waals surface area contributed by atoms with Gasteiger partial charge in [-0.2, -0.15) is 0 Å². The van der Waals surface area contributed by atoms with Crippen LogP contribution in [0.25, 0.3) is 0 Å². The summed E-state index contributed by atoms with van der Waals surface area (Å²) in [4.78, 5) is 19.0. The summed E-state index contributed by atoms with van der Waals surface area (Å²) in [6, 6.07) is 3.95. The Bertz CT molecular complexity index is 533. The third-order valence-electron chi connectivity index (χ3n) is 3.42. The van der Waals surface area contributed by atoms with Crippen LogP contribution in [0.2, 0.25) is 0 Å². The molecule has 1 aliphatic rings. The number of nitrogen functional groups attached to an aromatic ring is 1. The molecule has 0 bridgehead atoms. The second-order valence-corrected chi connectivity index (χ2v) is 4.79. The molecule has 0 aromatic carbocycles. The average Bonchev–Trinajstić information content (AvgIpc) is 2.88. The number of aromatic nitrogens is 4. The van der Waals surface area contributed by atoms with Gasteiger partial charge in [-0.05, 0) is 19.4 Å². The van der Waals surface area contributed by atoms with Crippen molar-refractivity contribution in [3.05, 3.63) is 36.0 Å². The normalized spacial score (nSPS) is 18.8. The van der Waals surface area contributed by atoms with E-state index in [2.05, 4.69) is 24.8 Å². The van der Waals surface area contributed by atoms with E-state index in [1.807, 2.05) is 19.1 Å². The van der Waals surface area contributed by atoms with Gasteiger partial charge in [-0.3, -0.25) is 0 Å². The zero-order chi connectivity index (χ0) is 13.2. The minimum Gasteiger partial charge on any atom is -0.368 e. The zero-order valence-corrected chi connectivity index (χ0v) is 10.8. The minimum absolute atomic E-state index is 0.342.